The zero-order chi connectivity index (χ0) is 25.4. The Kier molecular flexibility index (Phi) is 4.62. The quantitative estimate of drug-likeness (QED) is 0.358. The van der Waals surface area contributed by atoms with Gasteiger partial charge in [0.25, 0.3) is 5.91 Å². The van der Waals surface area contributed by atoms with E-state index in [4.69, 9.17) is 4.74 Å². The number of carbonyl (C=O) groups is 2. The Labute approximate surface area is 216 Å². The summed E-state index contributed by atoms with van der Waals surface area (Å²) in [4.78, 5) is 42.1. The number of ether oxygens (including phenoxy) is 1. The fourth-order valence-corrected chi connectivity index (χ4v) is 8.01. The third kappa shape index (κ3) is 2.55. The average Bonchev–Trinajstić information content (AvgIpc) is 3.73. The summed E-state index contributed by atoms with van der Waals surface area (Å²) in [7, 11) is 1.57. The van der Waals surface area contributed by atoms with Crippen LogP contribution in [0.3, 0.4) is 0 Å². The standard InChI is InChI=1S/C27H22N6O3S/c1-36-15-6-7-19-16(10-15)17(11-31-19)23(34)26(13-28)22(24-29-8-9-30-24)21-12-37-14-33(21)27(26)18-4-2-3-5-20(18)32-25(27)35/h2-11,21-22,31H,12,14H2,1H3,(H,29,30)(H,32,35)/t21?,22-,26+,27-/m1/s1. The van der Waals surface area contributed by atoms with Crippen molar-refractivity contribution < 1.29 is 14.3 Å². The molecule has 4 atom stereocenters. The predicted octanol–water partition coefficient (Wildman–Crippen LogP) is 3.61. The Balaban J connectivity index is 1.57. The van der Waals surface area contributed by atoms with Gasteiger partial charge in [-0.05, 0) is 24.3 Å². The minimum absolute atomic E-state index is 0.253. The molecule has 0 bridgehead atoms. The average molecular weight is 511 g/mol. The summed E-state index contributed by atoms with van der Waals surface area (Å²) < 4.78 is 5.42. The van der Waals surface area contributed by atoms with Crippen molar-refractivity contribution in [3.05, 3.63) is 78.0 Å². The van der Waals surface area contributed by atoms with E-state index in [2.05, 4.69) is 31.2 Å². The number of H-pyrrole nitrogens is 2. The van der Waals surface area contributed by atoms with Crippen molar-refractivity contribution >= 4 is 40.0 Å². The van der Waals surface area contributed by atoms with E-state index in [0.717, 1.165) is 5.52 Å². The molecule has 0 aliphatic carbocycles. The van der Waals surface area contributed by atoms with E-state index in [1.807, 2.05) is 36.4 Å². The van der Waals surface area contributed by atoms with Gasteiger partial charge in [-0.15, -0.1) is 11.8 Å². The van der Waals surface area contributed by atoms with Gasteiger partial charge in [-0.25, -0.2) is 4.98 Å². The molecule has 4 aromatic rings. The first-order valence-corrected chi connectivity index (χ1v) is 13.1. The number of amides is 1. The highest BCUT2D eigenvalue weighted by Crippen LogP contribution is 2.67. The number of aromatic amines is 2. The van der Waals surface area contributed by atoms with Gasteiger partial charge in [0, 0.05) is 64.0 Å². The van der Waals surface area contributed by atoms with E-state index in [1.165, 1.54) is 0 Å². The number of nitrogens with one attached hydrogen (secondary N) is 3. The molecule has 37 heavy (non-hydrogen) atoms. The van der Waals surface area contributed by atoms with Crippen LogP contribution < -0.4 is 10.1 Å². The number of para-hydroxylation sites is 1. The van der Waals surface area contributed by atoms with Gasteiger partial charge >= 0.3 is 0 Å². The molecule has 3 aliphatic heterocycles. The van der Waals surface area contributed by atoms with Crippen molar-refractivity contribution in [3.63, 3.8) is 0 Å². The van der Waals surface area contributed by atoms with Crippen LogP contribution in [0, 0.1) is 16.7 Å². The number of anilines is 1. The second-order valence-electron chi connectivity index (χ2n) is 9.56. The van der Waals surface area contributed by atoms with Gasteiger partial charge in [0.2, 0.25) is 0 Å². The maximum Gasteiger partial charge on any atom is 0.251 e. The molecule has 3 aliphatic rings. The minimum atomic E-state index is -1.80. The summed E-state index contributed by atoms with van der Waals surface area (Å²) in [5, 5.41) is 14.8. The molecule has 7 rings (SSSR count). The van der Waals surface area contributed by atoms with Gasteiger partial charge in [0.1, 0.15) is 11.6 Å². The first kappa shape index (κ1) is 22.2. The van der Waals surface area contributed by atoms with Crippen LogP contribution in [0.1, 0.15) is 27.7 Å². The number of carbonyl (C=O) groups excluding carboxylic acids is 2. The predicted molar refractivity (Wildman–Crippen MR) is 138 cm³/mol. The Morgan fingerprint density at radius 3 is 2.92 bits per heavy atom. The summed E-state index contributed by atoms with van der Waals surface area (Å²) >= 11 is 1.69. The third-order valence-corrected chi connectivity index (χ3v) is 9.19. The van der Waals surface area contributed by atoms with E-state index in [0.29, 0.717) is 45.4 Å². The maximum atomic E-state index is 15.0. The number of hydrogen-bond donors (Lipinski definition) is 3. The second-order valence-corrected chi connectivity index (χ2v) is 10.6. The maximum absolute atomic E-state index is 15.0. The van der Waals surface area contributed by atoms with Gasteiger partial charge in [0.15, 0.2) is 16.7 Å². The Morgan fingerprint density at radius 2 is 2.14 bits per heavy atom. The largest absolute Gasteiger partial charge is 0.497 e. The molecule has 9 nitrogen and oxygen atoms in total. The van der Waals surface area contributed by atoms with Crippen LogP contribution in [-0.2, 0) is 10.3 Å². The Hall–Kier alpha value is -4.07. The van der Waals surface area contributed by atoms with Crippen molar-refractivity contribution in [2.45, 2.75) is 17.5 Å². The van der Waals surface area contributed by atoms with E-state index >= 15 is 0 Å². The van der Waals surface area contributed by atoms with Crippen LogP contribution in [0.25, 0.3) is 10.9 Å². The lowest BCUT2D eigenvalue weighted by Gasteiger charge is -2.41. The van der Waals surface area contributed by atoms with E-state index in [1.54, 1.807) is 43.5 Å². The van der Waals surface area contributed by atoms with Crippen molar-refractivity contribution in [2.75, 3.05) is 24.1 Å². The lowest BCUT2D eigenvalue weighted by molar-refractivity contribution is -0.129. The number of rotatable bonds is 4. The van der Waals surface area contributed by atoms with Crippen LogP contribution >= 0.6 is 11.8 Å². The molecule has 3 N–H and O–H groups in total. The van der Waals surface area contributed by atoms with Crippen molar-refractivity contribution in [3.8, 4) is 11.8 Å². The molecule has 10 heteroatoms. The Bertz CT molecular complexity index is 1620. The van der Waals surface area contributed by atoms with Crippen LogP contribution in [0.15, 0.2) is 61.1 Å². The first-order chi connectivity index (χ1) is 18.1. The zero-order valence-corrected chi connectivity index (χ0v) is 20.6. The molecule has 2 aromatic heterocycles. The molecule has 1 amide bonds. The lowest BCUT2D eigenvalue weighted by atomic mass is 9.59. The fourth-order valence-electron chi connectivity index (χ4n) is 6.71. The van der Waals surface area contributed by atoms with Crippen LogP contribution in [0.2, 0.25) is 0 Å². The molecule has 2 saturated heterocycles. The molecular weight excluding hydrogens is 488 g/mol. The smallest absolute Gasteiger partial charge is 0.251 e. The molecule has 0 radical (unpaired) electrons. The van der Waals surface area contributed by atoms with E-state index < -0.39 is 22.7 Å². The topological polar surface area (TPSA) is 127 Å². The molecule has 1 spiro atoms. The van der Waals surface area contributed by atoms with Crippen LogP contribution in [-0.4, -0.2) is 56.3 Å². The van der Waals surface area contributed by atoms with Gasteiger partial charge < -0.3 is 20.0 Å². The molecule has 184 valence electrons. The number of nitriles is 1. The summed E-state index contributed by atoms with van der Waals surface area (Å²) in [6.45, 7) is 0. The summed E-state index contributed by atoms with van der Waals surface area (Å²) in [5.74, 6) is 0.867. The fraction of sp³-hybridized carbons (Fsp3) is 0.259. The van der Waals surface area contributed by atoms with E-state index in [9.17, 15) is 14.9 Å². The zero-order valence-electron chi connectivity index (χ0n) is 19.8. The Morgan fingerprint density at radius 1 is 1.27 bits per heavy atom. The van der Waals surface area contributed by atoms with Gasteiger partial charge in [-0.2, -0.15) is 5.26 Å². The number of imidazole rings is 1. The number of thioether (sulfide) groups is 1. The third-order valence-electron chi connectivity index (χ3n) is 8.15. The molecule has 2 aromatic carbocycles. The summed E-state index contributed by atoms with van der Waals surface area (Å²) in [6, 6.07) is 15.0. The number of Topliss-reactive ketones (excluding diaryl/α,β-unsaturated/α-hetero) is 1. The molecular formula is C27H22N6O3S. The van der Waals surface area contributed by atoms with Gasteiger partial charge in [0.05, 0.1) is 19.1 Å². The number of benzene rings is 2. The highest BCUT2D eigenvalue weighted by Gasteiger charge is 2.79. The molecule has 0 saturated carbocycles. The van der Waals surface area contributed by atoms with Crippen LogP contribution in [0.4, 0.5) is 5.69 Å². The normalized spacial score (nSPS) is 28.3. The number of methoxy groups -OCH3 is 1. The van der Waals surface area contributed by atoms with Gasteiger partial charge in [-0.3, -0.25) is 14.5 Å². The SMILES string of the molecule is COc1ccc2[nH]cc(C(=O)[C@]3(C#N)[C@@H](c4ncc[nH]4)C4CSCN4[C@]34C(=O)Nc3ccccc34)c2c1. The number of ketones is 1. The highest BCUT2D eigenvalue weighted by atomic mass is 32.2. The molecule has 1 unspecified atom stereocenters. The summed E-state index contributed by atoms with van der Waals surface area (Å²) in [6.07, 6.45) is 4.95. The highest BCUT2D eigenvalue weighted by molar-refractivity contribution is 7.99. The van der Waals surface area contributed by atoms with E-state index in [-0.39, 0.29) is 11.9 Å². The van der Waals surface area contributed by atoms with Crippen molar-refractivity contribution in [1.82, 2.24) is 19.9 Å². The molecule has 2 fully saturated rings. The minimum Gasteiger partial charge on any atom is -0.497 e. The monoisotopic (exact) mass is 510 g/mol. The van der Waals surface area contributed by atoms with Crippen LogP contribution in [0.5, 0.6) is 5.75 Å². The number of hydrogen-bond acceptors (Lipinski definition) is 7. The van der Waals surface area contributed by atoms with Crippen molar-refractivity contribution in [2.24, 2.45) is 5.41 Å². The first-order valence-electron chi connectivity index (χ1n) is 11.9. The number of nitrogens with zero attached hydrogens (tertiary/aromatic N) is 3. The summed E-state index contributed by atoms with van der Waals surface area (Å²) in [5.41, 5.74) is -0.969. The number of aromatic nitrogens is 3. The second kappa shape index (κ2) is 7.71. The lowest BCUT2D eigenvalue weighted by Crippen LogP contribution is -2.59. The number of fused-ring (bicyclic) bond motifs is 5. The van der Waals surface area contributed by atoms with Gasteiger partial charge in [-0.1, -0.05) is 18.2 Å². The molecule has 5 heterocycles. The van der Waals surface area contributed by atoms with Crippen molar-refractivity contribution in [1.29, 1.82) is 5.26 Å².